The fourth-order valence-corrected chi connectivity index (χ4v) is 3.09. The average Bonchev–Trinajstić information content (AvgIpc) is 2.71. The van der Waals surface area contributed by atoms with E-state index in [9.17, 15) is 4.79 Å². The van der Waals surface area contributed by atoms with Gasteiger partial charge in [-0.25, -0.2) is 0 Å². The predicted molar refractivity (Wildman–Crippen MR) is 95.1 cm³/mol. The Morgan fingerprint density at radius 3 is 2.73 bits per heavy atom. The Morgan fingerprint density at radius 1 is 1.27 bits per heavy atom. The van der Waals surface area contributed by atoms with Crippen molar-refractivity contribution in [3.63, 3.8) is 0 Å². The molecule has 3 rings (SSSR count). The van der Waals surface area contributed by atoms with Crippen LogP contribution in [0, 0.1) is 17.4 Å². The molecular formula is C16H15IN4O. The summed E-state index contributed by atoms with van der Waals surface area (Å²) < 4.78 is 2.47. The number of pyridine rings is 1. The summed E-state index contributed by atoms with van der Waals surface area (Å²) >= 11 is 2.14. The van der Waals surface area contributed by atoms with E-state index >= 15 is 0 Å². The molecule has 6 heteroatoms. The van der Waals surface area contributed by atoms with Gasteiger partial charge in [0, 0.05) is 12.4 Å². The summed E-state index contributed by atoms with van der Waals surface area (Å²) in [6.45, 7) is 3.92. The first-order valence-corrected chi connectivity index (χ1v) is 7.90. The lowest BCUT2D eigenvalue weighted by Gasteiger charge is -2.07. The SMILES string of the molecule is Cc1ccc2ncc(NC(=O)c3c(I)c(C)nn3C)cc2c1. The highest BCUT2D eigenvalue weighted by molar-refractivity contribution is 14.1. The molecule has 2 aromatic heterocycles. The highest BCUT2D eigenvalue weighted by atomic mass is 127. The van der Waals surface area contributed by atoms with Crippen molar-refractivity contribution in [2.45, 2.75) is 13.8 Å². The van der Waals surface area contributed by atoms with Gasteiger partial charge in [0.05, 0.1) is 26.7 Å². The van der Waals surface area contributed by atoms with E-state index < -0.39 is 0 Å². The van der Waals surface area contributed by atoms with Gasteiger partial charge >= 0.3 is 0 Å². The molecular weight excluding hydrogens is 391 g/mol. The number of hydrogen-bond acceptors (Lipinski definition) is 3. The molecule has 1 N–H and O–H groups in total. The Hall–Kier alpha value is -1.96. The highest BCUT2D eigenvalue weighted by Gasteiger charge is 2.18. The van der Waals surface area contributed by atoms with Crippen molar-refractivity contribution in [2.24, 2.45) is 7.05 Å². The van der Waals surface area contributed by atoms with Crippen LogP contribution in [0.3, 0.4) is 0 Å². The third-order valence-electron chi connectivity index (χ3n) is 3.46. The molecule has 3 aromatic rings. The molecule has 0 aliphatic carbocycles. The van der Waals surface area contributed by atoms with Gasteiger partial charge in [0.2, 0.25) is 0 Å². The molecule has 0 fully saturated rings. The molecule has 0 aliphatic rings. The van der Waals surface area contributed by atoms with E-state index in [1.54, 1.807) is 17.9 Å². The van der Waals surface area contributed by atoms with Crippen LogP contribution in [0.1, 0.15) is 21.7 Å². The molecule has 1 aromatic carbocycles. The number of benzene rings is 1. The number of amides is 1. The quantitative estimate of drug-likeness (QED) is 0.664. The van der Waals surface area contributed by atoms with Crippen LogP contribution in [-0.2, 0) is 7.05 Å². The average molecular weight is 406 g/mol. The molecule has 0 saturated heterocycles. The van der Waals surface area contributed by atoms with Gasteiger partial charge in [0.25, 0.3) is 5.91 Å². The fraction of sp³-hybridized carbons (Fsp3) is 0.188. The molecule has 2 heterocycles. The van der Waals surface area contributed by atoms with Gasteiger partial charge in [-0.05, 0) is 54.6 Å². The summed E-state index contributed by atoms with van der Waals surface area (Å²) in [5.74, 6) is -0.179. The fourth-order valence-electron chi connectivity index (χ4n) is 2.39. The van der Waals surface area contributed by atoms with Gasteiger partial charge in [0.1, 0.15) is 5.69 Å². The van der Waals surface area contributed by atoms with Crippen molar-refractivity contribution in [1.29, 1.82) is 0 Å². The van der Waals surface area contributed by atoms with Crippen LogP contribution in [0.2, 0.25) is 0 Å². The summed E-state index contributed by atoms with van der Waals surface area (Å²) in [7, 11) is 1.77. The Kier molecular flexibility index (Phi) is 3.86. The van der Waals surface area contributed by atoms with Gasteiger partial charge in [-0.1, -0.05) is 11.6 Å². The summed E-state index contributed by atoms with van der Waals surface area (Å²) in [6, 6.07) is 7.98. The molecule has 0 atom stereocenters. The second-order valence-corrected chi connectivity index (χ2v) is 6.32. The highest BCUT2D eigenvalue weighted by Crippen LogP contribution is 2.20. The molecule has 0 saturated carbocycles. The van der Waals surface area contributed by atoms with E-state index in [4.69, 9.17) is 0 Å². The van der Waals surface area contributed by atoms with Crippen LogP contribution in [0.4, 0.5) is 5.69 Å². The molecule has 5 nitrogen and oxygen atoms in total. The summed E-state index contributed by atoms with van der Waals surface area (Å²) in [4.78, 5) is 16.8. The maximum absolute atomic E-state index is 12.5. The normalized spacial score (nSPS) is 10.9. The zero-order valence-electron chi connectivity index (χ0n) is 12.5. The van der Waals surface area contributed by atoms with E-state index in [0.717, 1.165) is 25.7 Å². The number of aromatic nitrogens is 3. The van der Waals surface area contributed by atoms with Crippen molar-refractivity contribution in [3.05, 3.63) is 51.0 Å². The maximum Gasteiger partial charge on any atom is 0.275 e. The lowest BCUT2D eigenvalue weighted by molar-refractivity contribution is 0.101. The van der Waals surface area contributed by atoms with Crippen LogP contribution in [0.15, 0.2) is 30.5 Å². The third-order valence-corrected chi connectivity index (χ3v) is 4.75. The van der Waals surface area contributed by atoms with Crippen LogP contribution >= 0.6 is 22.6 Å². The monoisotopic (exact) mass is 406 g/mol. The zero-order chi connectivity index (χ0) is 15.9. The van der Waals surface area contributed by atoms with Crippen molar-refractivity contribution < 1.29 is 4.79 Å². The second-order valence-electron chi connectivity index (χ2n) is 5.25. The number of nitrogens with one attached hydrogen (secondary N) is 1. The molecule has 0 bridgehead atoms. The number of nitrogens with zero attached hydrogens (tertiary/aromatic N) is 3. The van der Waals surface area contributed by atoms with Crippen LogP contribution in [0.25, 0.3) is 10.9 Å². The van der Waals surface area contributed by atoms with E-state index in [1.807, 2.05) is 32.0 Å². The second kappa shape index (κ2) is 5.68. The molecule has 0 unspecified atom stereocenters. The number of carbonyl (C=O) groups excluding carboxylic acids is 1. The van der Waals surface area contributed by atoms with Crippen molar-refractivity contribution in [3.8, 4) is 0 Å². The number of carbonyl (C=O) groups is 1. The third kappa shape index (κ3) is 2.70. The van der Waals surface area contributed by atoms with Crippen molar-refractivity contribution in [2.75, 3.05) is 5.32 Å². The Bertz CT molecular complexity index is 885. The minimum absolute atomic E-state index is 0.179. The maximum atomic E-state index is 12.5. The molecule has 0 radical (unpaired) electrons. The van der Waals surface area contributed by atoms with Gasteiger partial charge in [-0.15, -0.1) is 0 Å². The number of rotatable bonds is 2. The molecule has 1 amide bonds. The van der Waals surface area contributed by atoms with Crippen LogP contribution in [0.5, 0.6) is 0 Å². The van der Waals surface area contributed by atoms with Crippen molar-refractivity contribution >= 4 is 45.1 Å². The number of anilines is 1. The Morgan fingerprint density at radius 2 is 2.05 bits per heavy atom. The minimum Gasteiger partial charge on any atom is -0.319 e. The van der Waals surface area contributed by atoms with Gasteiger partial charge in [-0.2, -0.15) is 5.10 Å². The van der Waals surface area contributed by atoms with E-state index in [-0.39, 0.29) is 5.91 Å². The lowest BCUT2D eigenvalue weighted by atomic mass is 10.1. The predicted octanol–water partition coefficient (Wildman–Crippen LogP) is 3.44. The number of aryl methyl sites for hydroxylation is 3. The summed E-state index contributed by atoms with van der Waals surface area (Å²) in [5, 5.41) is 8.17. The molecule has 112 valence electrons. The van der Waals surface area contributed by atoms with Crippen LogP contribution in [-0.4, -0.2) is 20.7 Å². The first-order valence-electron chi connectivity index (χ1n) is 6.82. The van der Waals surface area contributed by atoms with Gasteiger partial charge in [0.15, 0.2) is 0 Å². The van der Waals surface area contributed by atoms with E-state index in [2.05, 4.69) is 44.1 Å². The number of hydrogen-bond donors (Lipinski definition) is 1. The lowest BCUT2D eigenvalue weighted by Crippen LogP contribution is -2.17. The first kappa shape index (κ1) is 15.0. The standard InChI is InChI=1S/C16H15IN4O/c1-9-4-5-13-11(6-9)7-12(8-18-13)19-16(22)15-14(17)10(2)20-21(15)3/h4-8H,1-3H3,(H,19,22). The first-order chi connectivity index (χ1) is 10.5. The topological polar surface area (TPSA) is 59.8 Å². The molecule has 22 heavy (non-hydrogen) atoms. The van der Waals surface area contributed by atoms with E-state index in [0.29, 0.717) is 11.4 Å². The molecule has 0 aliphatic heterocycles. The molecule has 0 spiro atoms. The van der Waals surface area contributed by atoms with Crippen LogP contribution < -0.4 is 5.32 Å². The number of halogens is 1. The minimum atomic E-state index is -0.179. The Labute approximate surface area is 141 Å². The summed E-state index contributed by atoms with van der Waals surface area (Å²) in [5.41, 5.74) is 4.16. The largest absolute Gasteiger partial charge is 0.319 e. The smallest absolute Gasteiger partial charge is 0.275 e. The summed E-state index contributed by atoms with van der Waals surface area (Å²) in [6.07, 6.45) is 1.67. The zero-order valence-corrected chi connectivity index (χ0v) is 14.7. The van der Waals surface area contributed by atoms with Crippen molar-refractivity contribution in [1.82, 2.24) is 14.8 Å². The number of fused-ring (bicyclic) bond motifs is 1. The van der Waals surface area contributed by atoms with E-state index in [1.165, 1.54) is 0 Å². The van der Waals surface area contributed by atoms with Gasteiger partial charge < -0.3 is 5.32 Å². The Balaban J connectivity index is 1.94. The van der Waals surface area contributed by atoms with Gasteiger partial charge in [-0.3, -0.25) is 14.5 Å².